The van der Waals surface area contributed by atoms with E-state index in [1.165, 1.54) is 16.0 Å². The third-order valence-corrected chi connectivity index (χ3v) is 5.38. The lowest BCUT2D eigenvalue weighted by Gasteiger charge is -2.09. The first-order chi connectivity index (χ1) is 12.0. The predicted octanol–water partition coefficient (Wildman–Crippen LogP) is 5.38. The van der Waals surface area contributed by atoms with Gasteiger partial charge in [-0.15, -0.1) is 11.8 Å². The molecule has 0 bridgehead atoms. The first-order valence-corrected chi connectivity index (χ1v) is 9.86. The van der Waals surface area contributed by atoms with Crippen LogP contribution in [0.15, 0.2) is 47.4 Å². The van der Waals surface area contributed by atoms with Gasteiger partial charge >= 0.3 is 5.97 Å². The van der Waals surface area contributed by atoms with Crippen molar-refractivity contribution in [1.82, 2.24) is 0 Å². The summed E-state index contributed by atoms with van der Waals surface area (Å²) in [6, 6.07) is 14.7. The average molecular weight is 352 g/mol. The van der Waals surface area contributed by atoms with Gasteiger partial charge in [0.15, 0.2) is 0 Å². The fourth-order valence-corrected chi connectivity index (χ4v) is 3.86. The first-order valence-electron chi connectivity index (χ1n) is 8.64. The maximum absolute atomic E-state index is 12.3. The molecule has 0 N–H and O–H groups in total. The molecule has 0 radical (unpaired) electrons. The molecule has 3 heteroatoms. The Hall–Kier alpha value is -2.00. The minimum absolute atomic E-state index is 0.224. The summed E-state index contributed by atoms with van der Waals surface area (Å²) in [5, 5.41) is 0. The van der Waals surface area contributed by atoms with Crippen molar-refractivity contribution in [2.75, 3.05) is 12.9 Å². The van der Waals surface area contributed by atoms with Gasteiger partial charge in [0.25, 0.3) is 0 Å². The molecule has 2 nitrogen and oxygen atoms in total. The van der Waals surface area contributed by atoms with Crippen LogP contribution in [0.5, 0.6) is 0 Å². The smallest absolute Gasteiger partial charge is 0.339 e. The summed E-state index contributed by atoms with van der Waals surface area (Å²) in [4.78, 5) is 13.6. The molecule has 0 aliphatic carbocycles. The zero-order chi connectivity index (χ0) is 18.0. The summed E-state index contributed by atoms with van der Waals surface area (Å²) < 4.78 is 5.36. The molecule has 0 aromatic heterocycles. The minimum atomic E-state index is -0.224. The van der Waals surface area contributed by atoms with Gasteiger partial charge in [-0.25, -0.2) is 4.79 Å². The van der Waals surface area contributed by atoms with E-state index in [0.717, 1.165) is 23.1 Å². The molecular formula is C22H24O2S. The third kappa shape index (κ3) is 3.82. The fraction of sp³-hybridized carbons (Fsp3) is 0.318. The van der Waals surface area contributed by atoms with E-state index < -0.39 is 0 Å². The second-order valence-electron chi connectivity index (χ2n) is 6.91. The van der Waals surface area contributed by atoms with Crippen LogP contribution in [0, 0.1) is 12.8 Å². The van der Waals surface area contributed by atoms with Crippen LogP contribution in [-0.4, -0.2) is 18.8 Å². The Morgan fingerprint density at radius 1 is 1.08 bits per heavy atom. The number of rotatable bonds is 5. The van der Waals surface area contributed by atoms with Gasteiger partial charge in [-0.3, -0.25) is 0 Å². The first kappa shape index (κ1) is 17.8. The Labute approximate surface area is 154 Å². The topological polar surface area (TPSA) is 26.3 Å². The molecule has 0 spiro atoms. The molecule has 0 amide bonds. The number of benzene rings is 2. The number of thioether (sulfide) groups is 1. The van der Waals surface area contributed by atoms with Crippen LogP contribution in [0.4, 0.5) is 0 Å². The number of hydrogen-bond donors (Lipinski definition) is 0. The van der Waals surface area contributed by atoms with Crippen LogP contribution in [0.25, 0.3) is 11.1 Å². The summed E-state index contributed by atoms with van der Waals surface area (Å²) >= 11 is 1.74. The van der Waals surface area contributed by atoms with E-state index >= 15 is 0 Å². The zero-order valence-corrected chi connectivity index (χ0v) is 16.1. The molecule has 3 rings (SSSR count). The van der Waals surface area contributed by atoms with E-state index in [0.29, 0.717) is 18.1 Å². The number of hydrogen-bond acceptors (Lipinski definition) is 3. The quantitative estimate of drug-likeness (QED) is 0.533. The number of cyclic esters (lactones) is 1. The summed E-state index contributed by atoms with van der Waals surface area (Å²) in [5.41, 5.74) is 6.22. The number of esters is 1. The third-order valence-electron chi connectivity index (χ3n) is 4.48. The fourth-order valence-electron chi connectivity index (χ4n) is 3.27. The van der Waals surface area contributed by atoms with Crippen LogP contribution in [0.2, 0.25) is 0 Å². The second-order valence-corrected chi connectivity index (χ2v) is 7.76. The van der Waals surface area contributed by atoms with Crippen molar-refractivity contribution in [2.45, 2.75) is 32.1 Å². The maximum Gasteiger partial charge on any atom is 0.339 e. The Morgan fingerprint density at radius 3 is 2.36 bits per heavy atom. The van der Waals surface area contributed by atoms with Gasteiger partial charge in [0.05, 0.1) is 5.57 Å². The van der Waals surface area contributed by atoms with E-state index in [4.69, 9.17) is 4.74 Å². The van der Waals surface area contributed by atoms with Crippen molar-refractivity contribution in [3.63, 3.8) is 0 Å². The summed E-state index contributed by atoms with van der Waals surface area (Å²) in [6.07, 6.45) is 3.12. The maximum atomic E-state index is 12.3. The van der Waals surface area contributed by atoms with Gasteiger partial charge in [0, 0.05) is 10.5 Å². The van der Waals surface area contributed by atoms with Crippen LogP contribution >= 0.6 is 11.8 Å². The lowest BCUT2D eigenvalue weighted by atomic mass is 9.94. The monoisotopic (exact) mass is 352 g/mol. The molecule has 1 aliphatic heterocycles. The van der Waals surface area contributed by atoms with Crippen LogP contribution in [0.3, 0.4) is 0 Å². The van der Waals surface area contributed by atoms with Crippen LogP contribution < -0.4 is 0 Å². The average Bonchev–Trinajstić information content (AvgIpc) is 2.96. The molecule has 25 heavy (non-hydrogen) atoms. The highest BCUT2D eigenvalue weighted by molar-refractivity contribution is 7.98. The van der Waals surface area contributed by atoms with Crippen molar-refractivity contribution < 1.29 is 9.53 Å². The lowest BCUT2D eigenvalue weighted by molar-refractivity contribution is -0.133. The van der Waals surface area contributed by atoms with Crippen molar-refractivity contribution in [3.05, 3.63) is 64.7 Å². The molecule has 1 heterocycles. The molecule has 0 atom stereocenters. The highest BCUT2D eigenvalue weighted by Gasteiger charge is 2.27. The minimum Gasteiger partial charge on any atom is -0.457 e. The van der Waals surface area contributed by atoms with E-state index in [9.17, 15) is 4.79 Å². The Bertz CT molecular complexity index is 816. The number of carbonyl (C=O) groups is 1. The lowest BCUT2D eigenvalue weighted by Crippen LogP contribution is -1.99. The van der Waals surface area contributed by atoms with Crippen molar-refractivity contribution in [1.29, 1.82) is 0 Å². The largest absolute Gasteiger partial charge is 0.457 e. The van der Waals surface area contributed by atoms with Gasteiger partial charge in [0.1, 0.15) is 6.61 Å². The van der Waals surface area contributed by atoms with Crippen molar-refractivity contribution in [2.24, 2.45) is 5.92 Å². The molecule has 0 saturated carbocycles. The summed E-state index contributed by atoms with van der Waals surface area (Å²) in [6.45, 7) is 6.88. The van der Waals surface area contributed by atoms with Gasteiger partial charge in [0.2, 0.25) is 0 Å². The SMILES string of the molecule is CSc1ccc(C2=C(c3ccc(CC(C)C)cc3)C(=O)OC2)cc1C. The highest BCUT2D eigenvalue weighted by Crippen LogP contribution is 2.34. The van der Waals surface area contributed by atoms with E-state index in [1.54, 1.807) is 11.8 Å². The standard InChI is InChI=1S/C22H24O2S/c1-14(2)11-16-5-7-17(8-6-16)21-19(13-24-22(21)23)18-9-10-20(25-4)15(3)12-18/h5-10,12,14H,11,13H2,1-4H3. The van der Waals surface area contributed by atoms with Gasteiger partial charge in [-0.1, -0.05) is 50.2 Å². The van der Waals surface area contributed by atoms with E-state index in [2.05, 4.69) is 57.4 Å². The van der Waals surface area contributed by atoms with Gasteiger partial charge < -0.3 is 4.74 Å². The van der Waals surface area contributed by atoms with E-state index in [1.807, 2.05) is 12.1 Å². The summed E-state index contributed by atoms with van der Waals surface area (Å²) in [5.74, 6) is 0.396. The molecule has 130 valence electrons. The van der Waals surface area contributed by atoms with Crippen molar-refractivity contribution >= 4 is 28.9 Å². The molecule has 0 fully saturated rings. The summed E-state index contributed by atoms with van der Waals surface area (Å²) in [7, 11) is 0. The molecule has 2 aromatic rings. The number of ether oxygens (including phenoxy) is 1. The Morgan fingerprint density at radius 2 is 1.76 bits per heavy atom. The number of carbonyl (C=O) groups excluding carboxylic acids is 1. The Balaban J connectivity index is 2.00. The van der Waals surface area contributed by atoms with Gasteiger partial charge in [-0.05, 0) is 53.8 Å². The molecular weight excluding hydrogens is 328 g/mol. The van der Waals surface area contributed by atoms with Crippen LogP contribution in [-0.2, 0) is 16.0 Å². The second kappa shape index (κ2) is 7.49. The molecule has 1 aliphatic rings. The van der Waals surface area contributed by atoms with E-state index in [-0.39, 0.29) is 5.97 Å². The van der Waals surface area contributed by atoms with Crippen LogP contribution in [0.1, 0.15) is 36.1 Å². The van der Waals surface area contributed by atoms with Gasteiger partial charge in [-0.2, -0.15) is 0 Å². The molecule has 0 unspecified atom stereocenters. The Kier molecular flexibility index (Phi) is 5.33. The normalized spacial score (nSPS) is 14.4. The highest BCUT2D eigenvalue weighted by atomic mass is 32.2. The predicted molar refractivity (Wildman–Crippen MR) is 106 cm³/mol. The zero-order valence-electron chi connectivity index (χ0n) is 15.3. The van der Waals surface area contributed by atoms with Crippen molar-refractivity contribution in [3.8, 4) is 0 Å². The number of aryl methyl sites for hydroxylation is 1. The molecule has 0 saturated heterocycles. The molecule has 2 aromatic carbocycles.